The van der Waals surface area contributed by atoms with E-state index in [0.29, 0.717) is 16.3 Å². The molecule has 0 fully saturated rings. The Morgan fingerprint density at radius 3 is 2.70 bits per heavy atom. The summed E-state index contributed by atoms with van der Waals surface area (Å²) < 4.78 is 10.2. The third-order valence-corrected chi connectivity index (χ3v) is 4.63. The normalized spacial score (nSPS) is 10.4. The predicted molar refractivity (Wildman–Crippen MR) is 100 cm³/mol. The van der Waals surface area contributed by atoms with Crippen molar-refractivity contribution in [1.82, 2.24) is 10.3 Å². The number of carbonyl (C=O) groups is 2. The summed E-state index contributed by atoms with van der Waals surface area (Å²) in [6.45, 7) is 1.88. The summed E-state index contributed by atoms with van der Waals surface area (Å²) in [5.74, 6) is -0.374. The van der Waals surface area contributed by atoms with E-state index in [2.05, 4.69) is 10.3 Å². The summed E-state index contributed by atoms with van der Waals surface area (Å²) in [4.78, 5) is 29.4. The topological polar surface area (TPSA) is 81.4 Å². The van der Waals surface area contributed by atoms with Crippen LogP contribution in [-0.4, -0.2) is 23.5 Å². The maximum atomic E-state index is 12.4. The lowest BCUT2D eigenvalue weighted by molar-refractivity contribution is -0.124. The van der Waals surface area contributed by atoms with E-state index >= 15 is 0 Å². The zero-order chi connectivity index (χ0) is 19.1. The van der Waals surface area contributed by atoms with Crippen LogP contribution in [-0.2, 0) is 16.1 Å². The van der Waals surface area contributed by atoms with Crippen molar-refractivity contribution in [2.75, 3.05) is 6.61 Å². The van der Waals surface area contributed by atoms with Crippen LogP contribution < -0.4 is 5.32 Å². The maximum absolute atomic E-state index is 12.4. The Balaban J connectivity index is 1.57. The Morgan fingerprint density at radius 2 is 1.96 bits per heavy atom. The number of aromatic nitrogens is 1. The first kappa shape index (κ1) is 18.7. The molecule has 2 heterocycles. The minimum atomic E-state index is -0.592. The first-order valence-corrected chi connectivity index (χ1v) is 9.09. The van der Waals surface area contributed by atoms with Gasteiger partial charge in [-0.2, -0.15) is 0 Å². The van der Waals surface area contributed by atoms with E-state index in [9.17, 15) is 9.59 Å². The molecule has 6 nitrogen and oxygen atoms in total. The van der Waals surface area contributed by atoms with Gasteiger partial charge in [0.1, 0.15) is 10.8 Å². The van der Waals surface area contributed by atoms with Crippen molar-refractivity contribution in [3.8, 4) is 0 Å². The van der Waals surface area contributed by atoms with Crippen LogP contribution in [0.25, 0.3) is 0 Å². The first-order chi connectivity index (χ1) is 13.1. The molecular weight excluding hydrogens is 364 g/mol. The van der Waals surface area contributed by atoms with Crippen LogP contribution in [0.4, 0.5) is 0 Å². The fourth-order valence-corrected chi connectivity index (χ4v) is 3.07. The lowest BCUT2D eigenvalue weighted by Gasteiger charge is -2.09. The van der Waals surface area contributed by atoms with Gasteiger partial charge >= 0.3 is 5.97 Å². The molecular formula is C20H18N2O4S. The van der Waals surface area contributed by atoms with Gasteiger partial charge in [-0.15, -0.1) is 0 Å². The molecule has 1 amide bonds. The summed E-state index contributed by atoms with van der Waals surface area (Å²) in [6, 6.07) is 14.7. The fourth-order valence-electron chi connectivity index (χ4n) is 2.20. The molecule has 3 rings (SSSR count). The number of pyridine rings is 1. The average molecular weight is 382 g/mol. The molecule has 0 bridgehead atoms. The lowest BCUT2D eigenvalue weighted by atomic mass is 10.2. The molecule has 2 aromatic heterocycles. The smallest absolute Gasteiger partial charge is 0.341 e. The second-order valence-electron chi connectivity index (χ2n) is 5.70. The number of carbonyl (C=O) groups excluding carboxylic acids is 2. The molecule has 0 saturated heterocycles. The number of hydrogen-bond acceptors (Lipinski definition) is 6. The number of rotatable bonds is 7. The molecule has 3 aromatic rings. The molecule has 0 aliphatic rings. The number of benzene rings is 1. The van der Waals surface area contributed by atoms with Gasteiger partial charge < -0.3 is 14.5 Å². The standard InChI is InChI=1S/C20H18N2O4S/c1-14-6-8-16(9-7-14)27-19-17(5-2-10-21-19)20(24)26-13-18(23)22-12-15-4-3-11-25-15/h2-11H,12-13H2,1H3,(H,22,23). The summed E-state index contributed by atoms with van der Waals surface area (Å²) in [5, 5.41) is 3.15. The molecule has 7 heteroatoms. The van der Waals surface area contributed by atoms with E-state index in [1.165, 1.54) is 18.0 Å². The molecule has 0 saturated carbocycles. The van der Waals surface area contributed by atoms with Crippen LogP contribution in [0.15, 0.2) is 75.3 Å². The van der Waals surface area contributed by atoms with E-state index in [4.69, 9.17) is 9.15 Å². The third kappa shape index (κ3) is 5.46. The fraction of sp³-hybridized carbons (Fsp3) is 0.150. The zero-order valence-electron chi connectivity index (χ0n) is 14.7. The van der Waals surface area contributed by atoms with Crippen molar-refractivity contribution >= 4 is 23.6 Å². The molecule has 0 aliphatic carbocycles. The van der Waals surface area contributed by atoms with Gasteiger partial charge in [0.15, 0.2) is 6.61 Å². The van der Waals surface area contributed by atoms with Crippen molar-refractivity contribution in [1.29, 1.82) is 0 Å². The SMILES string of the molecule is Cc1ccc(Sc2ncccc2C(=O)OCC(=O)NCc2ccco2)cc1. The van der Waals surface area contributed by atoms with Gasteiger partial charge in [-0.25, -0.2) is 9.78 Å². The number of amides is 1. The largest absolute Gasteiger partial charge is 0.467 e. The Morgan fingerprint density at radius 1 is 1.15 bits per heavy atom. The molecule has 0 unspecified atom stereocenters. The molecule has 27 heavy (non-hydrogen) atoms. The van der Waals surface area contributed by atoms with Crippen molar-refractivity contribution < 1.29 is 18.7 Å². The summed E-state index contributed by atoms with van der Waals surface area (Å²) >= 11 is 1.37. The van der Waals surface area contributed by atoms with E-state index < -0.39 is 11.9 Å². The Hall–Kier alpha value is -3.06. The average Bonchev–Trinajstić information content (AvgIpc) is 3.20. The van der Waals surface area contributed by atoms with Crippen LogP contribution in [0.1, 0.15) is 21.7 Å². The summed E-state index contributed by atoms with van der Waals surface area (Å²) in [7, 11) is 0. The van der Waals surface area contributed by atoms with Gasteiger partial charge in [-0.3, -0.25) is 4.79 Å². The second-order valence-corrected chi connectivity index (χ2v) is 6.77. The number of esters is 1. The third-order valence-electron chi connectivity index (χ3n) is 3.60. The summed E-state index contributed by atoms with van der Waals surface area (Å²) in [5.41, 5.74) is 1.47. The van der Waals surface area contributed by atoms with Crippen molar-refractivity contribution in [3.63, 3.8) is 0 Å². The maximum Gasteiger partial charge on any atom is 0.341 e. The number of nitrogens with one attached hydrogen (secondary N) is 1. The highest BCUT2D eigenvalue weighted by atomic mass is 32.2. The van der Waals surface area contributed by atoms with E-state index in [1.807, 2.05) is 31.2 Å². The molecule has 0 atom stereocenters. The number of furan rings is 1. The van der Waals surface area contributed by atoms with Gasteiger partial charge in [0.2, 0.25) is 0 Å². The van der Waals surface area contributed by atoms with Crippen molar-refractivity contribution in [2.45, 2.75) is 23.4 Å². The van der Waals surface area contributed by atoms with Gasteiger partial charge in [0, 0.05) is 11.1 Å². The second kappa shape index (κ2) is 9.05. The molecule has 1 aromatic carbocycles. The van der Waals surface area contributed by atoms with E-state index in [1.54, 1.807) is 30.5 Å². The minimum absolute atomic E-state index is 0.241. The highest BCUT2D eigenvalue weighted by Gasteiger charge is 2.16. The molecule has 0 aliphatic heterocycles. The minimum Gasteiger partial charge on any atom is -0.467 e. The van der Waals surface area contributed by atoms with Gasteiger partial charge in [-0.1, -0.05) is 29.5 Å². The number of nitrogens with zero attached hydrogens (tertiary/aromatic N) is 1. The Kier molecular flexibility index (Phi) is 6.27. The monoisotopic (exact) mass is 382 g/mol. The quantitative estimate of drug-likeness (QED) is 0.629. The molecule has 138 valence electrons. The zero-order valence-corrected chi connectivity index (χ0v) is 15.5. The number of aryl methyl sites for hydroxylation is 1. The molecule has 1 N–H and O–H groups in total. The van der Waals surface area contributed by atoms with Gasteiger partial charge in [0.05, 0.1) is 18.4 Å². The van der Waals surface area contributed by atoms with Gasteiger partial charge in [-0.05, 0) is 43.3 Å². The highest BCUT2D eigenvalue weighted by Crippen LogP contribution is 2.29. The highest BCUT2D eigenvalue weighted by molar-refractivity contribution is 7.99. The lowest BCUT2D eigenvalue weighted by Crippen LogP contribution is -2.28. The van der Waals surface area contributed by atoms with Crippen LogP contribution in [0, 0.1) is 6.92 Å². The predicted octanol–water partition coefficient (Wildman–Crippen LogP) is 3.61. The Labute approximate surface area is 160 Å². The number of hydrogen-bond donors (Lipinski definition) is 1. The van der Waals surface area contributed by atoms with E-state index in [0.717, 1.165) is 10.5 Å². The van der Waals surface area contributed by atoms with Crippen LogP contribution in [0.3, 0.4) is 0 Å². The Bertz CT molecular complexity index is 908. The van der Waals surface area contributed by atoms with Crippen LogP contribution in [0.5, 0.6) is 0 Å². The summed E-state index contributed by atoms with van der Waals surface area (Å²) in [6.07, 6.45) is 3.14. The molecule has 0 spiro atoms. The van der Waals surface area contributed by atoms with Gasteiger partial charge in [0.25, 0.3) is 5.91 Å². The number of ether oxygens (including phenoxy) is 1. The van der Waals surface area contributed by atoms with E-state index in [-0.39, 0.29) is 13.2 Å². The first-order valence-electron chi connectivity index (χ1n) is 8.27. The van der Waals surface area contributed by atoms with Crippen LogP contribution >= 0.6 is 11.8 Å². The van der Waals surface area contributed by atoms with Crippen LogP contribution in [0.2, 0.25) is 0 Å². The molecule has 0 radical (unpaired) electrons. The van der Waals surface area contributed by atoms with Crippen molar-refractivity contribution in [3.05, 3.63) is 77.9 Å². The van der Waals surface area contributed by atoms with Crippen molar-refractivity contribution in [2.24, 2.45) is 0 Å².